The molecule has 1 aromatic carbocycles. The van der Waals surface area contributed by atoms with Crippen molar-refractivity contribution in [2.45, 2.75) is 90.6 Å². The van der Waals surface area contributed by atoms with Crippen molar-refractivity contribution in [1.82, 2.24) is 0 Å². The molecule has 30 heavy (non-hydrogen) atoms. The smallest absolute Gasteiger partial charge is 0.193 e. The van der Waals surface area contributed by atoms with Crippen molar-refractivity contribution in [3.63, 3.8) is 0 Å². The van der Waals surface area contributed by atoms with Gasteiger partial charge in [0.2, 0.25) is 0 Å². The first-order valence-corrected chi connectivity index (χ1v) is 10.7. The van der Waals surface area contributed by atoms with Gasteiger partial charge in [0.25, 0.3) is 0 Å². The van der Waals surface area contributed by atoms with Crippen LogP contribution in [0.4, 0.5) is 0 Å². The van der Waals surface area contributed by atoms with E-state index in [0.717, 1.165) is 16.7 Å². The summed E-state index contributed by atoms with van der Waals surface area (Å²) in [4.78, 5) is 25.5. The fourth-order valence-corrected chi connectivity index (χ4v) is 4.51. The lowest BCUT2D eigenvalue weighted by Gasteiger charge is -2.24. The fraction of sp³-hybridized carbons (Fsp3) is 0.538. The van der Waals surface area contributed by atoms with Gasteiger partial charge in [0.1, 0.15) is 11.2 Å². The third-order valence-electron chi connectivity index (χ3n) is 6.31. The maximum Gasteiger partial charge on any atom is 0.193 e. The Labute approximate surface area is 180 Å². The molecule has 3 rings (SSSR count). The largest absolute Gasteiger partial charge is 0.357 e. The molecule has 2 aliphatic rings. The van der Waals surface area contributed by atoms with E-state index >= 15 is 0 Å². The van der Waals surface area contributed by atoms with Crippen LogP contribution in [0.2, 0.25) is 0 Å². The van der Waals surface area contributed by atoms with Crippen LogP contribution in [-0.2, 0) is 25.5 Å². The standard InChI is InChI=1S/C26H34O4/c1-9-26(8)22(28)20(24(4,5)30-26)16-18-12-10-17(11-13-18)14-15-19-21(27)25(6,7)29-23(19,2)3/h10-13,15-16H,9,14H2,1-8H3/b19-15-,20-16-. The number of hydrogen-bond donors (Lipinski definition) is 0. The van der Waals surface area contributed by atoms with E-state index < -0.39 is 22.4 Å². The van der Waals surface area contributed by atoms with Crippen LogP contribution in [-0.4, -0.2) is 34.0 Å². The summed E-state index contributed by atoms with van der Waals surface area (Å²) in [5.74, 6) is 0.114. The Balaban J connectivity index is 1.80. The molecule has 1 unspecified atom stereocenters. The molecule has 1 aromatic rings. The van der Waals surface area contributed by atoms with Crippen molar-refractivity contribution in [1.29, 1.82) is 0 Å². The highest BCUT2D eigenvalue weighted by atomic mass is 16.5. The van der Waals surface area contributed by atoms with E-state index in [1.807, 2.05) is 91.8 Å². The number of carbonyl (C=O) groups is 2. The van der Waals surface area contributed by atoms with E-state index in [1.54, 1.807) is 0 Å². The summed E-state index contributed by atoms with van der Waals surface area (Å²) in [5.41, 5.74) is 0.793. The number of carbonyl (C=O) groups excluding carboxylic acids is 2. The van der Waals surface area contributed by atoms with Crippen LogP contribution in [0.25, 0.3) is 6.08 Å². The lowest BCUT2D eigenvalue weighted by Crippen LogP contribution is -2.32. The van der Waals surface area contributed by atoms with Crippen LogP contribution in [0.3, 0.4) is 0 Å². The maximum absolute atomic E-state index is 12.9. The van der Waals surface area contributed by atoms with Gasteiger partial charge in [0.15, 0.2) is 11.6 Å². The highest BCUT2D eigenvalue weighted by molar-refractivity contribution is 6.08. The van der Waals surface area contributed by atoms with Crippen molar-refractivity contribution in [2.75, 3.05) is 0 Å². The molecule has 4 heteroatoms. The van der Waals surface area contributed by atoms with Gasteiger partial charge in [0, 0.05) is 11.1 Å². The van der Waals surface area contributed by atoms with Gasteiger partial charge in [0.05, 0.1) is 11.2 Å². The van der Waals surface area contributed by atoms with Crippen LogP contribution in [0, 0.1) is 0 Å². The molecule has 0 aromatic heterocycles. The molecule has 0 radical (unpaired) electrons. The summed E-state index contributed by atoms with van der Waals surface area (Å²) in [6.07, 6.45) is 5.22. The number of ether oxygens (including phenoxy) is 2. The summed E-state index contributed by atoms with van der Waals surface area (Å²) >= 11 is 0. The molecular weight excluding hydrogens is 376 g/mol. The van der Waals surface area contributed by atoms with Crippen molar-refractivity contribution in [2.24, 2.45) is 0 Å². The van der Waals surface area contributed by atoms with E-state index in [4.69, 9.17) is 9.47 Å². The summed E-state index contributed by atoms with van der Waals surface area (Å²) in [6, 6.07) is 8.09. The number of hydrogen-bond acceptors (Lipinski definition) is 4. The molecule has 0 aliphatic carbocycles. The fourth-order valence-electron chi connectivity index (χ4n) is 4.51. The summed E-state index contributed by atoms with van der Waals surface area (Å²) in [7, 11) is 0. The summed E-state index contributed by atoms with van der Waals surface area (Å²) < 4.78 is 12.0. The van der Waals surface area contributed by atoms with E-state index in [2.05, 4.69) is 0 Å². The van der Waals surface area contributed by atoms with E-state index in [-0.39, 0.29) is 11.6 Å². The Morgan fingerprint density at radius 3 is 1.80 bits per heavy atom. The maximum atomic E-state index is 12.9. The Morgan fingerprint density at radius 1 is 0.767 bits per heavy atom. The average Bonchev–Trinajstić information content (AvgIpc) is 2.91. The predicted octanol–water partition coefficient (Wildman–Crippen LogP) is 5.24. The topological polar surface area (TPSA) is 52.6 Å². The van der Waals surface area contributed by atoms with Gasteiger partial charge in [-0.25, -0.2) is 0 Å². The van der Waals surface area contributed by atoms with Crippen LogP contribution in [0.5, 0.6) is 0 Å². The van der Waals surface area contributed by atoms with Crippen molar-refractivity contribution in [3.8, 4) is 0 Å². The SMILES string of the molecule is CCC1(C)OC(C)(C)/C(=C\c2ccc(C/C=C3/C(=O)C(C)(C)OC3(C)C)cc2)C1=O. The molecule has 0 amide bonds. The first-order valence-electron chi connectivity index (χ1n) is 10.7. The lowest BCUT2D eigenvalue weighted by molar-refractivity contribution is -0.135. The third kappa shape index (κ3) is 3.95. The number of rotatable bonds is 4. The van der Waals surface area contributed by atoms with Crippen molar-refractivity contribution < 1.29 is 19.1 Å². The number of allylic oxidation sites excluding steroid dienone is 1. The second-order valence-electron chi connectivity index (χ2n) is 10.1. The van der Waals surface area contributed by atoms with Crippen molar-refractivity contribution >= 4 is 17.6 Å². The average molecular weight is 411 g/mol. The van der Waals surface area contributed by atoms with Crippen LogP contribution >= 0.6 is 0 Å². The van der Waals surface area contributed by atoms with Gasteiger partial charge in [-0.05, 0) is 78.5 Å². The van der Waals surface area contributed by atoms with E-state index in [1.165, 1.54) is 0 Å². The second kappa shape index (κ2) is 7.28. The quantitative estimate of drug-likeness (QED) is 0.637. The van der Waals surface area contributed by atoms with Gasteiger partial charge in [-0.15, -0.1) is 0 Å². The number of benzene rings is 1. The van der Waals surface area contributed by atoms with Crippen LogP contribution in [0.1, 0.15) is 72.9 Å². The molecule has 2 aliphatic heterocycles. The second-order valence-corrected chi connectivity index (χ2v) is 10.1. The van der Waals surface area contributed by atoms with Crippen LogP contribution in [0.15, 0.2) is 41.5 Å². The minimum Gasteiger partial charge on any atom is -0.357 e. The molecule has 0 saturated carbocycles. The molecular formula is C26H34O4. The monoisotopic (exact) mass is 410 g/mol. The molecule has 0 spiro atoms. The Kier molecular flexibility index (Phi) is 5.49. The lowest BCUT2D eigenvalue weighted by atomic mass is 9.88. The van der Waals surface area contributed by atoms with E-state index in [9.17, 15) is 9.59 Å². The molecule has 0 N–H and O–H groups in total. The predicted molar refractivity (Wildman–Crippen MR) is 119 cm³/mol. The molecule has 162 valence electrons. The first-order chi connectivity index (χ1) is 13.7. The minimum absolute atomic E-state index is 0.0507. The molecule has 2 fully saturated rings. The van der Waals surface area contributed by atoms with Gasteiger partial charge in [-0.3, -0.25) is 9.59 Å². The van der Waals surface area contributed by atoms with Gasteiger partial charge in [-0.2, -0.15) is 0 Å². The number of Topliss-reactive ketones (excluding diaryl/α,β-unsaturated/α-hetero) is 2. The first kappa shape index (κ1) is 22.6. The molecule has 2 saturated heterocycles. The molecule has 0 bridgehead atoms. The van der Waals surface area contributed by atoms with Gasteiger partial charge >= 0.3 is 0 Å². The molecule has 2 heterocycles. The number of ketones is 2. The summed E-state index contributed by atoms with van der Waals surface area (Å²) in [6.45, 7) is 15.2. The normalized spacial score (nSPS) is 29.9. The van der Waals surface area contributed by atoms with Gasteiger partial charge < -0.3 is 9.47 Å². The van der Waals surface area contributed by atoms with Gasteiger partial charge in [-0.1, -0.05) is 37.3 Å². The van der Waals surface area contributed by atoms with Crippen molar-refractivity contribution in [3.05, 3.63) is 52.6 Å². The highest BCUT2D eigenvalue weighted by Crippen LogP contribution is 2.41. The van der Waals surface area contributed by atoms with E-state index in [0.29, 0.717) is 18.4 Å². The Bertz CT molecular complexity index is 928. The zero-order chi connectivity index (χ0) is 22.5. The zero-order valence-corrected chi connectivity index (χ0v) is 19.5. The highest BCUT2D eigenvalue weighted by Gasteiger charge is 2.51. The zero-order valence-electron chi connectivity index (χ0n) is 19.5. The summed E-state index contributed by atoms with van der Waals surface area (Å²) in [5, 5.41) is 0. The third-order valence-corrected chi connectivity index (χ3v) is 6.31. The molecule has 4 nitrogen and oxygen atoms in total. The minimum atomic E-state index is -0.777. The van der Waals surface area contributed by atoms with Crippen LogP contribution < -0.4 is 0 Å². The molecule has 1 atom stereocenters. The Hall–Kier alpha value is -2.04. The Morgan fingerprint density at radius 2 is 1.33 bits per heavy atom.